The monoisotopic (exact) mass is 243 g/mol. The predicted octanol–water partition coefficient (Wildman–Crippen LogP) is 2.41. The minimum absolute atomic E-state index is 0.208. The van der Waals surface area contributed by atoms with Crippen molar-refractivity contribution in [3.8, 4) is 0 Å². The first kappa shape index (κ1) is 13.0. The number of nitrogens with zero attached hydrogens (tertiary/aromatic N) is 3. The van der Waals surface area contributed by atoms with E-state index in [-0.39, 0.29) is 5.28 Å². The molecule has 90 valence electrons. The Kier molecular flexibility index (Phi) is 5.25. The van der Waals surface area contributed by atoms with E-state index in [9.17, 15) is 0 Å². The van der Waals surface area contributed by atoms with E-state index in [1.807, 2.05) is 0 Å². The zero-order valence-electron chi connectivity index (χ0n) is 9.92. The molecule has 1 rings (SSSR count). The second-order valence-corrected chi connectivity index (χ2v) is 4.29. The van der Waals surface area contributed by atoms with Crippen LogP contribution in [-0.4, -0.2) is 28.0 Å². The quantitative estimate of drug-likeness (QED) is 0.804. The van der Waals surface area contributed by atoms with Gasteiger partial charge in [0.25, 0.3) is 0 Å². The Labute approximate surface area is 101 Å². The molecule has 0 aliphatic heterocycles. The molecule has 0 aliphatic rings. The van der Waals surface area contributed by atoms with Crippen molar-refractivity contribution in [2.45, 2.75) is 27.2 Å². The molecule has 0 aliphatic carbocycles. The van der Waals surface area contributed by atoms with Crippen LogP contribution in [0.3, 0.4) is 0 Å². The van der Waals surface area contributed by atoms with Gasteiger partial charge in [0.05, 0.1) is 0 Å². The summed E-state index contributed by atoms with van der Waals surface area (Å²) in [6.07, 6.45) is 1.01. The Morgan fingerprint density at radius 3 is 2.31 bits per heavy atom. The van der Waals surface area contributed by atoms with E-state index in [1.165, 1.54) is 0 Å². The average molecular weight is 244 g/mol. The van der Waals surface area contributed by atoms with Gasteiger partial charge < -0.3 is 10.6 Å². The third kappa shape index (κ3) is 4.61. The van der Waals surface area contributed by atoms with E-state index in [4.69, 9.17) is 11.6 Å². The third-order valence-corrected chi connectivity index (χ3v) is 1.98. The minimum Gasteiger partial charge on any atom is -0.354 e. The van der Waals surface area contributed by atoms with E-state index < -0.39 is 0 Å². The van der Waals surface area contributed by atoms with Crippen LogP contribution in [0.2, 0.25) is 5.28 Å². The predicted molar refractivity (Wildman–Crippen MR) is 66.9 cm³/mol. The SMILES string of the molecule is CCCNc1nc(Cl)nc(NCC(C)C)n1. The van der Waals surface area contributed by atoms with Crippen molar-refractivity contribution >= 4 is 23.5 Å². The highest BCUT2D eigenvalue weighted by atomic mass is 35.5. The summed E-state index contributed by atoms with van der Waals surface area (Å²) < 4.78 is 0. The van der Waals surface area contributed by atoms with E-state index in [2.05, 4.69) is 46.4 Å². The molecule has 0 radical (unpaired) electrons. The highest BCUT2D eigenvalue weighted by Crippen LogP contribution is 2.09. The van der Waals surface area contributed by atoms with Gasteiger partial charge in [-0.3, -0.25) is 0 Å². The average Bonchev–Trinajstić information content (AvgIpc) is 2.23. The Balaban J connectivity index is 2.65. The highest BCUT2D eigenvalue weighted by Gasteiger charge is 2.04. The summed E-state index contributed by atoms with van der Waals surface area (Å²) in [5.74, 6) is 1.57. The topological polar surface area (TPSA) is 62.7 Å². The third-order valence-electron chi connectivity index (χ3n) is 1.81. The summed E-state index contributed by atoms with van der Waals surface area (Å²) in [6.45, 7) is 7.95. The number of rotatable bonds is 6. The largest absolute Gasteiger partial charge is 0.354 e. The molecule has 0 saturated heterocycles. The molecule has 1 heterocycles. The molecule has 6 heteroatoms. The molecule has 0 saturated carbocycles. The summed E-state index contributed by atoms with van der Waals surface area (Å²) in [5.41, 5.74) is 0. The van der Waals surface area contributed by atoms with Gasteiger partial charge in [0.2, 0.25) is 17.2 Å². The van der Waals surface area contributed by atoms with Gasteiger partial charge in [-0.15, -0.1) is 0 Å². The van der Waals surface area contributed by atoms with Crippen molar-refractivity contribution in [2.75, 3.05) is 23.7 Å². The van der Waals surface area contributed by atoms with Crippen LogP contribution < -0.4 is 10.6 Å². The highest BCUT2D eigenvalue weighted by molar-refractivity contribution is 6.28. The maximum Gasteiger partial charge on any atom is 0.228 e. The van der Waals surface area contributed by atoms with Crippen LogP contribution >= 0.6 is 11.6 Å². The molecule has 2 N–H and O–H groups in total. The fraction of sp³-hybridized carbons (Fsp3) is 0.700. The Morgan fingerprint density at radius 2 is 1.75 bits per heavy atom. The molecule has 5 nitrogen and oxygen atoms in total. The fourth-order valence-electron chi connectivity index (χ4n) is 1.04. The Hall–Kier alpha value is -1.10. The first-order chi connectivity index (χ1) is 7.61. The van der Waals surface area contributed by atoms with Crippen LogP contribution in [0.4, 0.5) is 11.9 Å². The second-order valence-electron chi connectivity index (χ2n) is 3.95. The lowest BCUT2D eigenvalue weighted by Gasteiger charge is -2.09. The summed E-state index contributed by atoms with van der Waals surface area (Å²) in [6, 6.07) is 0. The molecule has 0 spiro atoms. The zero-order chi connectivity index (χ0) is 12.0. The summed E-state index contributed by atoms with van der Waals surface area (Å²) in [4.78, 5) is 12.2. The summed E-state index contributed by atoms with van der Waals surface area (Å²) in [5, 5.41) is 6.40. The molecule has 0 bridgehead atoms. The number of hydrogen-bond acceptors (Lipinski definition) is 5. The molecule has 0 amide bonds. The van der Waals surface area contributed by atoms with Gasteiger partial charge in [-0.1, -0.05) is 20.8 Å². The van der Waals surface area contributed by atoms with Crippen LogP contribution in [0.25, 0.3) is 0 Å². The number of halogens is 1. The van der Waals surface area contributed by atoms with E-state index >= 15 is 0 Å². The number of nitrogens with one attached hydrogen (secondary N) is 2. The van der Waals surface area contributed by atoms with Gasteiger partial charge in [-0.2, -0.15) is 15.0 Å². The molecule has 0 aromatic carbocycles. The molecule has 1 aromatic heterocycles. The lowest BCUT2D eigenvalue weighted by molar-refractivity contribution is 0.684. The van der Waals surface area contributed by atoms with Gasteiger partial charge in [-0.25, -0.2) is 0 Å². The van der Waals surface area contributed by atoms with E-state index in [0.717, 1.165) is 19.5 Å². The van der Waals surface area contributed by atoms with E-state index in [0.29, 0.717) is 17.8 Å². The standard InChI is InChI=1S/C10H18ClN5/c1-4-5-12-9-14-8(11)15-10(16-9)13-6-7(2)3/h7H,4-6H2,1-3H3,(H2,12,13,14,15,16). The Morgan fingerprint density at radius 1 is 1.12 bits per heavy atom. The molecule has 16 heavy (non-hydrogen) atoms. The van der Waals surface area contributed by atoms with Crippen LogP contribution in [0.15, 0.2) is 0 Å². The molecule has 0 atom stereocenters. The lowest BCUT2D eigenvalue weighted by atomic mass is 10.2. The van der Waals surface area contributed by atoms with Crippen molar-refractivity contribution in [3.63, 3.8) is 0 Å². The van der Waals surface area contributed by atoms with Crippen molar-refractivity contribution in [3.05, 3.63) is 5.28 Å². The second kappa shape index (κ2) is 6.48. The first-order valence-corrected chi connectivity index (χ1v) is 5.89. The lowest BCUT2D eigenvalue weighted by Crippen LogP contribution is -2.13. The van der Waals surface area contributed by atoms with Crippen molar-refractivity contribution in [1.82, 2.24) is 15.0 Å². The Bertz CT molecular complexity index is 329. The maximum absolute atomic E-state index is 5.80. The fourth-order valence-corrected chi connectivity index (χ4v) is 1.20. The van der Waals surface area contributed by atoms with Crippen LogP contribution in [0, 0.1) is 5.92 Å². The van der Waals surface area contributed by atoms with Crippen LogP contribution in [-0.2, 0) is 0 Å². The molecule has 1 aromatic rings. The normalized spacial score (nSPS) is 10.6. The summed E-state index contributed by atoms with van der Waals surface area (Å²) >= 11 is 5.80. The zero-order valence-corrected chi connectivity index (χ0v) is 10.7. The van der Waals surface area contributed by atoms with Gasteiger partial charge in [0.15, 0.2) is 0 Å². The smallest absolute Gasteiger partial charge is 0.228 e. The number of aromatic nitrogens is 3. The van der Waals surface area contributed by atoms with Crippen molar-refractivity contribution in [2.24, 2.45) is 5.92 Å². The molecular weight excluding hydrogens is 226 g/mol. The van der Waals surface area contributed by atoms with Gasteiger partial charge in [0.1, 0.15) is 0 Å². The minimum atomic E-state index is 0.208. The van der Waals surface area contributed by atoms with E-state index in [1.54, 1.807) is 0 Å². The van der Waals surface area contributed by atoms with Crippen molar-refractivity contribution in [1.29, 1.82) is 0 Å². The van der Waals surface area contributed by atoms with Crippen molar-refractivity contribution < 1.29 is 0 Å². The maximum atomic E-state index is 5.80. The van der Waals surface area contributed by atoms with Crippen LogP contribution in [0.1, 0.15) is 27.2 Å². The van der Waals surface area contributed by atoms with Gasteiger partial charge in [-0.05, 0) is 23.9 Å². The first-order valence-electron chi connectivity index (χ1n) is 5.51. The summed E-state index contributed by atoms with van der Waals surface area (Å²) in [7, 11) is 0. The van der Waals surface area contributed by atoms with Gasteiger partial charge >= 0.3 is 0 Å². The molecule has 0 fully saturated rings. The van der Waals surface area contributed by atoms with Gasteiger partial charge in [0, 0.05) is 13.1 Å². The number of anilines is 2. The van der Waals surface area contributed by atoms with Crippen LogP contribution in [0.5, 0.6) is 0 Å². The number of hydrogen-bond donors (Lipinski definition) is 2. The molecular formula is C10H18ClN5. The molecule has 0 unspecified atom stereocenters.